The number of carbonyl (C=O) groups excluding carboxylic acids is 1. The first-order valence-electron chi connectivity index (χ1n) is 11.3. The molecule has 0 aromatic heterocycles. The Kier molecular flexibility index (Phi) is 7.52. The van der Waals surface area contributed by atoms with Crippen molar-refractivity contribution in [1.82, 2.24) is 9.21 Å². The Hall–Kier alpha value is -2.62. The molecule has 2 aliphatic rings. The molecule has 0 radical (unpaired) electrons. The average molecular weight is 474 g/mol. The Balaban J connectivity index is 1.38. The minimum Gasteiger partial charge on any atom is -0.496 e. The Morgan fingerprint density at radius 3 is 2.33 bits per heavy atom. The Bertz CT molecular complexity index is 1050. The molecule has 0 unspecified atom stereocenters. The summed E-state index contributed by atoms with van der Waals surface area (Å²) < 4.78 is 38.2. The van der Waals surface area contributed by atoms with Crippen LogP contribution in [0.15, 0.2) is 53.4 Å². The first-order chi connectivity index (χ1) is 16.0. The molecule has 2 aliphatic heterocycles. The van der Waals surface area contributed by atoms with Crippen molar-refractivity contribution in [3.05, 3.63) is 54.1 Å². The van der Waals surface area contributed by atoms with Gasteiger partial charge in [0.05, 0.1) is 25.2 Å². The zero-order valence-electron chi connectivity index (χ0n) is 19.0. The Morgan fingerprint density at radius 1 is 0.970 bits per heavy atom. The van der Waals surface area contributed by atoms with E-state index in [0.717, 1.165) is 18.7 Å². The minimum atomic E-state index is -3.60. The fourth-order valence-corrected chi connectivity index (χ4v) is 5.76. The molecule has 0 aliphatic carbocycles. The number of benzene rings is 2. The summed E-state index contributed by atoms with van der Waals surface area (Å²) in [7, 11) is -2.05. The third-order valence-corrected chi connectivity index (χ3v) is 8.12. The van der Waals surface area contributed by atoms with Crippen LogP contribution in [0.1, 0.15) is 12.0 Å². The summed E-state index contributed by atoms with van der Waals surface area (Å²) in [4.78, 5) is 17.3. The minimum absolute atomic E-state index is 0.0752. The van der Waals surface area contributed by atoms with Gasteiger partial charge in [0.25, 0.3) is 0 Å². The number of morpholine rings is 1. The molecule has 2 aromatic rings. The van der Waals surface area contributed by atoms with Crippen molar-refractivity contribution in [2.24, 2.45) is 0 Å². The lowest BCUT2D eigenvalue weighted by atomic mass is 10.1. The van der Waals surface area contributed by atoms with Crippen LogP contribution >= 0.6 is 0 Å². The molecule has 9 heteroatoms. The number of piperazine rings is 1. The molecule has 2 aromatic carbocycles. The molecule has 2 saturated heterocycles. The maximum absolute atomic E-state index is 13.0. The first kappa shape index (κ1) is 23.5. The highest BCUT2D eigenvalue weighted by molar-refractivity contribution is 7.89. The molecule has 0 atom stereocenters. The van der Waals surface area contributed by atoms with Gasteiger partial charge in [-0.25, -0.2) is 8.42 Å². The predicted octanol–water partition coefficient (Wildman–Crippen LogP) is 2.00. The molecule has 0 saturated carbocycles. The Labute approximate surface area is 195 Å². The van der Waals surface area contributed by atoms with Gasteiger partial charge < -0.3 is 19.3 Å². The van der Waals surface area contributed by atoms with E-state index in [1.807, 2.05) is 23.1 Å². The van der Waals surface area contributed by atoms with Crippen LogP contribution in [0, 0.1) is 0 Å². The van der Waals surface area contributed by atoms with Gasteiger partial charge in [0.15, 0.2) is 0 Å². The number of para-hydroxylation sites is 1. The van der Waals surface area contributed by atoms with Gasteiger partial charge in [-0.1, -0.05) is 18.2 Å². The van der Waals surface area contributed by atoms with Crippen molar-refractivity contribution in [2.45, 2.75) is 17.7 Å². The lowest BCUT2D eigenvalue weighted by molar-refractivity contribution is -0.131. The highest BCUT2D eigenvalue weighted by atomic mass is 32.2. The second-order valence-electron chi connectivity index (χ2n) is 8.19. The topological polar surface area (TPSA) is 79.4 Å². The molecule has 0 spiro atoms. The predicted molar refractivity (Wildman–Crippen MR) is 126 cm³/mol. The number of sulfonamides is 1. The second-order valence-corrected chi connectivity index (χ2v) is 10.1. The van der Waals surface area contributed by atoms with Crippen LogP contribution in [0.3, 0.4) is 0 Å². The number of aryl methyl sites for hydroxylation is 1. The van der Waals surface area contributed by atoms with E-state index in [1.54, 1.807) is 25.3 Å². The summed E-state index contributed by atoms with van der Waals surface area (Å²) in [5, 5.41) is 0. The zero-order chi connectivity index (χ0) is 23.3. The summed E-state index contributed by atoms with van der Waals surface area (Å²) in [6.07, 6.45) is 0.732. The van der Waals surface area contributed by atoms with Crippen molar-refractivity contribution in [1.29, 1.82) is 0 Å². The van der Waals surface area contributed by atoms with Gasteiger partial charge in [-0.15, -0.1) is 0 Å². The number of anilines is 1. The molecular weight excluding hydrogens is 442 g/mol. The monoisotopic (exact) mass is 473 g/mol. The number of rotatable bonds is 7. The van der Waals surface area contributed by atoms with Crippen molar-refractivity contribution in [3.63, 3.8) is 0 Å². The van der Waals surface area contributed by atoms with Crippen molar-refractivity contribution < 1.29 is 22.7 Å². The summed E-state index contributed by atoms with van der Waals surface area (Å²) in [6, 6.07) is 15.1. The second kappa shape index (κ2) is 10.5. The van der Waals surface area contributed by atoms with Crippen LogP contribution in [0.5, 0.6) is 5.75 Å². The van der Waals surface area contributed by atoms with Crippen LogP contribution in [0.4, 0.5) is 5.69 Å². The van der Waals surface area contributed by atoms with Crippen LogP contribution in [-0.4, -0.2) is 83.1 Å². The molecule has 33 heavy (non-hydrogen) atoms. The highest BCUT2D eigenvalue weighted by Gasteiger charge is 2.27. The molecule has 0 N–H and O–H groups in total. The van der Waals surface area contributed by atoms with E-state index in [4.69, 9.17) is 9.47 Å². The number of ether oxygens (including phenoxy) is 2. The molecule has 178 valence electrons. The van der Waals surface area contributed by atoms with E-state index < -0.39 is 10.0 Å². The summed E-state index contributed by atoms with van der Waals surface area (Å²) in [5.41, 5.74) is 1.90. The molecule has 2 fully saturated rings. The van der Waals surface area contributed by atoms with Gasteiger partial charge in [0, 0.05) is 51.4 Å². The van der Waals surface area contributed by atoms with E-state index >= 15 is 0 Å². The smallest absolute Gasteiger partial charge is 0.243 e. The fourth-order valence-electron chi connectivity index (χ4n) is 4.30. The third kappa shape index (κ3) is 5.48. The number of amides is 1. The fraction of sp³-hybridized carbons (Fsp3) is 0.458. The van der Waals surface area contributed by atoms with Crippen LogP contribution in [0.25, 0.3) is 0 Å². The summed E-state index contributed by atoms with van der Waals surface area (Å²) in [5.74, 6) is 0.670. The molecule has 0 bridgehead atoms. The molecular formula is C24H31N3O5S. The van der Waals surface area contributed by atoms with Crippen LogP contribution in [-0.2, 0) is 26.0 Å². The van der Waals surface area contributed by atoms with E-state index in [2.05, 4.69) is 17.0 Å². The van der Waals surface area contributed by atoms with Crippen LogP contribution in [0.2, 0.25) is 0 Å². The van der Waals surface area contributed by atoms with Crippen molar-refractivity contribution in [2.75, 3.05) is 64.5 Å². The SMILES string of the molecule is COc1ccc(S(=O)(=O)N2CCOCC2)cc1CCC(=O)N1CCN(c2ccccc2)CC1. The Morgan fingerprint density at radius 2 is 1.67 bits per heavy atom. The zero-order valence-corrected chi connectivity index (χ0v) is 19.8. The third-order valence-electron chi connectivity index (χ3n) is 6.22. The first-order valence-corrected chi connectivity index (χ1v) is 12.8. The lowest BCUT2D eigenvalue weighted by Gasteiger charge is -2.36. The van der Waals surface area contributed by atoms with E-state index in [9.17, 15) is 13.2 Å². The average Bonchev–Trinajstić information content (AvgIpc) is 2.88. The van der Waals surface area contributed by atoms with Gasteiger partial charge in [0.2, 0.25) is 15.9 Å². The van der Waals surface area contributed by atoms with Gasteiger partial charge >= 0.3 is 0 Å². The van der Waals surface area contributed by atoms with E-state index in [1.165, 1.54) is 9.99 Å². The standard InChI is InChI=1S/C24H31N3O5S/c1-31-23-9-8-22(33(29,30)27-15-17-32-18-16-27)19-20(23)7-10-24(28)26-13-11-25(12-14-26)21-5-3-2-4-6-21/h2-6,8-9,19H,7,10-18H2,1H3. The van der Waals surface area contributed by atoms with Gasteiger partial charge in [-0.2, -0.15) is 4.31 Å². The maximum Gasteiger partial charge on any atom is 0.243 e. The number of hydrogen-bond acceptors (Lipinski definition) is 6. The van der Waals surface area contributed by atoms with E-state index in [-0.39, 0.29) is 10.8 Å². The lowest BCUT2D eigenvalue weighted by Crippen LogP contribution is -2.48. The molecule has 8 nitrogen and oxygen atoms in total. The molecule has 2 heterocycles. The number of methoxy groups -OCH3 is 1. The summed E-state index contributed by atoms with van der Waals surface area (Å²) >= 11 is 0. The van der Waals surface area contributed by atoms with Crippen molar-refractivity contribution >= 4 is 21.6 Å². The highest BCUT2D eigenvalue weighted by Crippen LogP contribution is 2.26. The number of nitrogens with zero attached hydrogens (tertiary/aromatic N) is 3. The van der Waals surface area contributed by atoms with Gasteiger partial charge in [0.1, 0.15) is 5.75 Å². The molecule has 4 rings (SSSR count). The van der Waals surface area contributed by atoms with E-state index in [0.29, 0.717) is 58.0 Å². The number of carbonyl (C=O) groups is 1. The quantitative estimate of drug-likeness (QED) is 0.612. The molecule has 1 amide bonds. The largest absolute Gasteiger partial charge is 0.496 e. The number of hydrogen-bond donors (Lipinski definition) is 0. The summed E-state index contributed by atoms with van der Waals surface area (Å²) in [6.45, 7) is 4.43. The van der Waals surface area contributed by atoms with Crippen LogP contribution < -0.4 is 9.64 Å². The van der Waals surface area contributed by atoms with Crippen molar-refractivity contribution in [3.8, 4) is 5.75 Å². The normalized spacial score (nSPS) is 17.7. The van der Waals surface area contributed by atoms with Gasteiger partial charge in [-0.05, 0) is 42.3 Å². The van der Waals surface area contributed by atoms with Gasteiger partial charge in [-0.3, -0.25) is 4.79 Å². The maximum atomic E-state index is 13.0.